The maximum Gasteiger partial charge on any atom is 0.182 e. The van der Waals surface area contributed by atoms with E-state index in [0.29, 0.717) is 5.82 Å². The summed E-state index contributed by atoms with van der Waals surface area (Å²) in [6.45, 7) is 4.17. The minimum Gasteiger partial charge on any atom is -0.378 e. The van der Waals surface area contributed by atoms with Gasteiger partial charge in [-0.05, 0) is 71.7 Å². The van der Waals surface area contributed by atoms with Crippen LogP contribution in [0, 0.1) is 13.8 Å². The summed E-state index contributed by atoms with van der Waals surface area (Å²) < 4.78 is 4.76. The maximum absolute atomic E-state index is 4.87. The second-order valence-electron chi connectivity index (χ2n) is 7.47. The molecular formula is C22H20BrN7. The fourth-order valence-electron chi connectivity index (χ4n) is 3.67. The SMILES string of the molecule is Cc1c(C)n(-c2ccc(Br)cn2)c2ncn3nc(-c4ccc(N(C)C)cc4)nc3c12. The van der Waals surface area contributed by atoms with E-state index in [0.717, 1.165) is 49.5 Å². The molecule has 0 unspecified atom stereocenters. The highest BCUT2D eigenvalue weighted by Gasteiger charge is 2.19. The van der Waals surface area contributed by atoms with Crippen LogP contribution in [0.1, 0.15) is 11.3 Å². The number of nitrogens with zero attached hydrogens (tertiary/aromatic N) is 7. The molecule has 0 amide bonds. The Kier molecular flexibility index (Phi) is 4.32. The number of hydrogen-bond acceptors (Lipinski definition) is 5. The molecule has 0 bridgehead atoms. The Bertz CT molecular complexity index is 1380. The minimum absolute atomic E-state index is 0.682. The smallest absolute Gasteiger partial charge is 0.182 e. The van der Waals surface area contributed by atoms with E-state index in [1.807, 2.05) is 38.4 Å². The summed E-state index contributed by atoms with van der Waals surface area (Å²) in [5, 5.41) is 5.66. The third kappa shape index (κ3) is 2.87. The van der Waals surface area contributed by atoms with Crippen molar-refractivity contribution in [1.82, 2.24) is 29.1 Å². The Labute approximate surface area is 182 Å². The highest BCUT2D eigenvalue weighted by molar-refractivity contribution is 9.10. The Morgan fingerprint density at radius 1 is 0.933 bits per heavy atom. The molecule has 1 aromatic carbocycles. The van der Waals surface area contributed by atoms with E-state index in [1.165, 1.54) is 0 Å². The summed E-state index contributed by atoms with van der Waals surface area (Å²) in [5.41, 5.74) is 5.94. The average Bonchev–Trinajstić information content (AvgIpc) is 3.28. The first-order chi connectivity index (χ1) is 14.4. The van der Waals surface area contributed by atoms with Gasteiger partial charge in [-0.3, -0.25) is 4.57 Å². The van der Waals surface area contributed by atoms with Crippen molar-refractivity contribution >= 4 is 38.3 Å². The lowest BCUT2D eigenvalue weighted by Gasteiger charge is -2.11. The summed E-state index contributed by atoms with van der Waals surface area (Å²) in [6.07, 6.45) is 3.51. The molecule has 8 heteroatoms. The molecular weight excluding hydrogens is 442 g/mol. The quantitative estimate of drug-likeness (QED) is 0.393. The van der Waals surface area contributed by atoms with Gasteiger partial charge in [-0.2, -0.15) is 0 Å². The fraction of sp³-hybridized carbons (Fsp3) is 0.182. The van der Waals surface area contributed by atoms with E-state index >= 15 is 0 Å². The standard InChI is InChI=1S/C22H20BrN7/c1-13-14(2)30(18-10-7-16(23)11-24-18)21-19(13)22-26-20(27-29(22)12-25-21)15-5-8-17(9-6-15)28(3)4/h5-12H,1-4H3. The van der Waals surface area contributed by atoms with E-state index < -0.39 is 0 Å². The number of rotatable bonds is 3. The first-order valence-corrected chi connectivity index (χ1v) is 10.4. The van der Waals surface area contributed by atoms with Gasteiger partial charge in [0.25, 0.3) is 0 Å². The Hall–Kier alpha value is -3.26. The van der Waals surface area contributed by atoms with Gasteiger partial charge in [0.15, 0.2) is 17.1 Å². The molecule has 0 spiro atoms. The predicted molar refractivity (Wildman–Crippen MR) is 122 cm³/mol. The van der Waals surface area contributed by atoms with Crippen molar-refractivity contribution in [2.45, 2.75) is 13.8 Å². The van der Waals surface area contributed by atoms with Crippen molar-refractivity contribution in [3.8, 4) is 17.2 Å². The maximum atomic E-state index is 4.87. The number of aromatic nitrogens is 6. The van der Waals surface area contributed by atoms with Gasteiger partial charge in [0.2, 0.25) is 0 Å². The largest absolute Gasteiger partial charge is 0.378 e. The number of fused-ring (bicyclic) bond motifs is 3. The number of halogens is 1. The molecule has 0 N–H and O–H groups in total. The van der Waals surface area contributed by atoms with E-state index in [2.05, 4.69) is 61.5 Å². The monoisotopic (exact) mass is 461 g/mol. The molecule has 0 aliphatic rings. The zero-order valence-electron chi connectivity index (χ0n) is 17.1. The van der Waals surface area contributed by atoms with Gasteiger partial charge in [0.05, 0.1) is 5.39 Å². The number of benzene rings is 1. The molecule has 4 aromatic heterocycles. The Morgan fingerprint density at radius 3 is 2.37 bits per heavy atom. The number of aryl methyl sites for hydroxylation is 1. The van der Waals surface area contributed by atoms with Crippen molar-refractivity contribution in [1.29, 1.82) is 0 Å². The van der Waals surface area contributed by atoms with Crippen LogP contribution in [0.3, 0.4) is 0 Å². The third-order valence-corrected chi connectivity index (χ3v) is 5.88. The van der Waals surface area contributed by atoms with E-state index in [4.69, 9.17) is 9.97 Å². The third-order valence-electron chi connectivity index (χ3n) is 5.42. The summed E-state index contributed by atoms with van der Waals surface area (Å²) in [7, 11) is 4.05. The first-order valence-electron chi connectivity index (χ1n) is 9.56. The zero-order chi connectivity index (χ0) is 21.0. The normalized spacial score (nSPS) is 11.5. The second-order valence-corrected chi connectivity index (χ2v) is 8.38. The molecule has 5 rings (SSSR count). The predicted octanol–water partition coefficient (Wildman–Crippen LogP) is 4.58. The number of anilines is 1. The van der Waals surface area contributed by atoms with Gasteiger partial charge in [0.1, 0.15) is 12.1 Å². The van der Waals surface area contributed by atoms with Crippen LogP contribution in [-0.2, 0) is 0 Å². The van der Waals surface area contributed by atoms with Crippen molar-refractivity contribution in [3.63, 3.8) is 0 Å². The molecule has 7 nitrogen and oxygen atoms in total. The molecule has 0 radical (unpaired) electrons. The van der Waals surface area contributed by atoms with E-state index in [9.17, 15) is 0 Å². The minimum atomic E-state index is 0.682. The average molecular weight is 462 g/mol. The van der Waals surface area contributed by atoms with Gasteiger partial charge in [-0.15, -0.1) is 5.10 Å². The van der Waals surface area contributed by atoms with Gasteiger partial charge in [-0.1, -0.05) is 0 Å². The van der Waals surface area contributed by atoms with Crippen LogP contribution < -0.4 is 4.90 Å². The van der Waals surface area contributed by atoms with Crippen molar-refractivity contribution in [3.05, 3.63) is 64.7 Å². The topological polar surface area (TPSA) is 64.1 Å². The molecule has 150 valence electrons. The summed E-state index contributed by atoms with van der Waals surface area (Å²) in [6, 6.07) is 12.2. The molecule has 0 saturated carbocycles. The van der Waals surface area contributed by atoms with E-state index in [-0.39, 0.29) is 0 Å². The molecule has 0 fully saturated rings. The van der Waals surface area contributed by atoms with Gasteiger partial charge < -0.3 is 4.90 Å². The Balaban J connectivity index is 1.70. The van der Waals surface area contributed by atoms with Gasteiger partial charge >= 0.3 is 0 Å². The molecule has 0 saturated heterocycles. The Morgan fingerprint density at radius 2 is 1.70 bits per heavy atom. The van der Waals surface area contributed by atoms with Crippen molar-refractivity contribution in [2.75, 3.05) is 19.0 Å². The van der Waals surface area contributed by atoms with Crippen LogP contribution in [0.5, 0.6) is 0 Å². The van der Waals surface area contributed by atoms with Crippen molar-refractivity contribution in [2.24, 2.45) is 0 Å². The molecule has 5 aromatic rings. The highest BCUT2D eigenvalue weighted by Crippen LogP contribution is 2.30. The summed E-state index contributed by atoms with van der Waals surface area (Å²) >= 11 is 3.45. The number of hydrogen-bond donors (Lipinski definition) is 0. The second kappa shape index (κ2) is 6.91. The zero-order valence-corrected chi connectivity index (χ0v) is 18.7. The highest BCUT2D eigenvalue weighted by atomic mass is 79.9. The lowest BCUT2D eigenvalue weighted by atomic mass is 10.2. The van der Waals surface area contributed by atoms with Gasteiger partial charge in [0, 0.05) is 41.7 Å². The van der Waals surface area contributed by atoms with Crippen LogP contribution >= 0.6 is 15.9 Å². The number of pyridine rings is 1. The lowest BCUT2D eigenvalue weighted by Crippen LogP contribution is -2.07. The van der Waals surface area contributed by atoms with Crippen LogP contribution in [0.15, 0.2) is 53.4 Å². The van der Waals surface area contributed by atoms with Crippen LogP contribution in [0.2, 0.25) is 0 Å². The lowest BCUT2D eigenvalue weighted by molar-refractivity contribution is 0.919. The molecule has 0 atom stereocenters. The molecule has 0 aliphatic carbocycles. The van der Waals surface area contributed by atoms with Gasteiger partial charge in [-0.25, -0.2) is 19.5 Å². The summed E-state index contributed by atoms with van der Waals surface area (Å²) in [4.78, 5) is 16.2. The van der Waals surface area contributed by atoms with Crippen LogP contribution in [0.25, 0.3) is 33.9 Å². The fourth-order valence-corrected chi connectivity index (χ4v) is 3.91. The summed E-state index contributed by atoms with van der Waals surface area (Å²) in [5.74, 6) is 1.51. The van der Waals surface area contributed by atoms with Crippen LogP contribution in [0.4, 0.5) is 5.69 Å². The first kappa shape index (κ1) is 18.7. The molecule has 0 aliphatic heterocycles. The molecule has 4 heterocycles. The van der Waals surface area contributed by atoms with E-state index in [1.54, 1.807) is 17.0 Å². The van der Waals surface area contributed by atoms with Crippen molar-refractivity contribution < 1.29 is 0 Å². The van der Waals surface area contributed by atoms with Crippen LogP contribution in [-0.4, -0.2) is 43.2 Å². The molecule has 30 heavy (non-hydrogen) atoms.